The zero-order chi connectivity index (χ0) is 20.3. The van der Waals surface area contributed by atoms with Crippen LogP contribution in [0, 0.1) is 41.1 Å². The molecule has 4 aliphatic rings. The van der Waals surface area contributed by atoms with Crippen molar-refractivity contribution in [2.75, 3.05) is 13.7 Å². The number of fused-ring (bicyclic) bond motifs is 5. The highest BCUT2D eigenvalue weighted by molar-refractivity contribution is 6.00. The van der Waals surface area contributed by atoms with E-state index in [9.17, 15) is 14.4 Å². The lowest BCUT2D eigenvalue weighted by molar-refractivity contribution is -0.169. The number of carbonyl (C=O) groups is 3. The van der Waals surface area contributed by atoms with E-state index in [0.29, 0.717) is 18.6 Å². The van der Waals surface area contributed by atoms with Crippen molar-refractivity contribution < 1.29 is 28.6 Å². The van der Waals surface area contributed by atoms with Gasteiger partial charge in [0.2, 0.25) is 0 Å². The summed E-state index contributed by atoms with van der Waals surface area (Å²) in [6, 6.07) is 0. The van der Waals surface area contributed by atoms with Crippen LogP contribution in [0.25, 0.3) is 0 Å². The lowest BCUT2D eigenvalue weighted by Crippen LogP contribution is -2.65. The minimum Gasteiger partial charge on any atom is -0.462 e. The summed E-state index contributed by atoms with van der Waals surface area (Å²) in [5.74, 6) is 1.87. The van der Waals surface area contributed by atoms with Gasteiger partial charge in [-0.25, -0.2) is 0 Å². The molecule has 1 heterocycles. The molecule has 6 heteroatoms. The smallest absolute Gasteiger partial charge is 0.306 e. The van der Waals surface area contributed by atoms with Crippen molar-refractivity contribution in [2.24, 2.45) is 29.1 Å². The molecule has 1 saturated heterocycles. The third-order valence-electron chi connectivity index (χ3n) is 7.54. The summed E-state index contributed by atoms with van der Waals surface area (Å²) in [5, 5.41) is 0. The average Bonchev–Trinajstić information content (AvgIpc) is 3.17. The van der Waals surface area contributed by atoms with Gasteiger partial charge in [0.25, 0.3) is 0 Å². The molecule has 0 N–H and O–H groups in total. The maximum absolute atomic E-state index is 13.0. The van der Waals surface area contributed by atoms with E-state index < -0.39 is 16.9 Å². The molecule has 0 aromatic heterocycles. The zero-order valence-electron chi connectivity index (χ0n) is 16.7. The standard InChI is InChI=1S/C22H26O6/c1-5-27-7-6-22(26-4)12(2)8-17(24)15-11-16(23)13-9-18-14(10-19(25)28-18)20(13)21(15,22)3/h8,13-15,18,20H,5,9-11H2,1-4H3/t13-,14+,15?,18+,20+,21+,22+/m1/s1. The van der Waals surface area contributed by atoms with E-state index in [1.807, 2.05) is 20.8 Å². The summed E-state index contributed by atoms with van der Waals surface area (Å²) in [6.07, 6.45) is 5.02. The second-order valence-corrected chi connectivity index (χ2v) is 8.55. The summed E-state index contributed by atoms with van der Waals surface area (Å²) < 4.78 is 16.9. The van der Waals surface area contributed by atoms with Crippen LogP contribution < -0.4 is 0 Å². The molecule has 7 atom stereocenters. The molecule has 0 amide bonds. The largest absolute Gasteiger partial charge is 0.462 e. The Hall–Kier alpha value is -2.13. The van der Waals surface area contributed by atoms with Gasteiger partial charge in [0.1, 0.15) is 18.0 Å². The molecule has 1 aliphatic heterocycles. The monoisotopic (exact) mass is 386 g/mol. The van der Waals surface area contributed by atoms with Crippen LogP contribution in [-0.4, -0.2) is 43.0 Å². The Morgan fingerprint density at radius 3 is 2.71 bits per heavy atom. The van der Waals surface area contributed by atoms with Crippen LogP contribution in [-0.2, 0) is 28.6 Å². The minimum absolute atomic E-state index is 0.0635. The number of esters is 1. The van der Waals surface area contributed by atoms with E-state index in [2.05, 4.69) is 12.0 Å². The van der Waals surface area contributed by atoms with Crippen molar-refractivity contribution in [1.29, 1.82) is 0 Å². The van der Waals surface area contributed by atoms with Gasteiger partial charge in [0.05, 0.1) is 13.0 Å². The Morgan fingerprint density at radius 2 is 2.04 bits per heavy atom. The van der Waals surface area contributed by atoms with E-state index in [4.69, 9.17) is 14.2 Å². The topological polar surface area (TPSA) is 78.9 Å². The summed E-state index contributed by atoms with van der Waals surface area (Å²) >= 11 is 0. The molecule has 0 spiro atoms. The van der Waals surface area contributed by atoms with Gasteiger partial charge >= 0.3 is 5.97 Å². The van der Waals surface area contributed by atoms with Crippen molar-refractivity contribution in [1.82, 2.24) is 0 Å². The van der Waals surface area contributed by atoms with Crippen molar-refractivity contribution in [3.63, 3.8) is 0 Å². The highest BCUT2D eigenvalue weighted by Gasteiger charge is 2.71. The van der Waals surface area contributed by atoms with Crippen molar-refractivity contribution in [3.05, 3.63) is 11.6 Å². The fraction of sp³-hybridized carbons (Fsp3) is 0.682. The van der Waals surface area contributed by atoms with Crippen LogP contribution in [0.3, 0.4) is 0 Å². The van der Waals surface area contributed by atoms with Gasteiger partial charge in [-0.15, -0.1) is 0 Å². The van der Waals surface area contributed by atoms with Gasteiger partial charge < -0.3 is 14.2 Å². The predicted octanol–water partition coefficient (Wildman–Crippen LogP) is 2.06. The Morgan fingerprint density at radius 1 is 1.29 bits per heavy atom. The normalized spacial score (nSPS) is 43.9. The fourth-order valence-electron chi connectivity index (χ4n) is 6.46. The number of hydrogen-bond acceptors (Lipinski definition) is 6. The maximum atomic E-state index is 13.0. The van der Waals surface area contributed by atoms with Gasteiger partial charge in [-0.2, -0.15) is 0 Å². The quantitative estimate of drug-likeness (QED) is 0.534. The van der Waals surface area contributed by atoms with E-state index in [1.165, 1.54) is 0 Å². The molecule has 0 bridgehead atoms. The molecule has 2 saturated carbocycles. The molecule has 0 aromatic rings. The minimum atomic E-state index is -1.06. The number of carbonyl (C=O) groups excluding carboxylic acids is 3. The average molecular weight is 386 g/mol. The summed E-state index contributed by atoms with van der Waals surface area (Å²) in [6.45, 7) is 6.14. The lowest BCUT2D eigenvalue weighted by Gasteiger charge is -2.58. The van der Waals surface area contributed by atoms with Gasteiger partial charge in [-0.3, -0.25) is 14.4 Å². The number of ether oxygens (including phenoxy) is 3. The lowest BCUT2D eigenvalue weighted by atomic mass is 9.45. The number of methoxy groups -OCH3 is 1. The first kappa shape index (κ1) is 19.2. The van der Waals surface area contributed by atoms with Crippen LogP contribution in [0.5, 0.6) is 0 Å². The van der Waals surface area contributed by atoms with Crippen molar-refractivity contribution in [2.45, 2.75) is 51.7 Å². The van der Waals surface area contributed by atoms with Crippen LogP contribution >= 0.6 is 0 Å². The van der Waals surface area contributed by atoms with Crippen LogP contribution in [0.4, 0.5) is 0 Å². The zero-order valence-corrected chi connectivity index (χ0v) is 16.7. The highest BCUT2D eigenvalue weighted by atomic mass is 16.6. The Labute approximate surface area is 165 Å². The van der Waals surface area contributed by atoms with Crippen LogP contribution in [0.1, 0.15) is 40.0 Å². The van der Waals surface area contributed by atoms with Gasteiger partial charge in [0, 0.05) is 36.7 Å². The number of rotatable bonds is 2. The van der Waals surface area contributed by atoms with Gasteiger partial charge in [-0.1, -0.05) is 6.92 Å². The summed E-state index contributed by atoms with van der Waals surface area (Å²) in [5.41, 5.74) is -1.11. The third-order valence-corrected chi connectivity index (χ3v) is 7.54. The number of Topliss-reactive ketones (excluding diaryl/α,β-unsaturated/α-hetero) is 1. The Kier molecular flexibility index (Phi) is 4.42. The molecule has 0 aromatic carbocycles. The molecule has 6 nitrogen and oxygen atoms in total. The van der Waals surface area contributed by atoms with Crippen molar-refractivity contribution >= 4 is 17.5 Å². The van der Waals surface area contributed by atoms with E-state index in [1.54, 1.807) is 13.2 Å². The molecule has 150 valence electrons. The first-order chi connectivity index (χ1) is 13.3. The van der Waals surface area contributed by atoms with E-state index in [0.717, 1.165) is 0 Å². The number of ketones is 2. The maximum Gasteiger partial charge on any atom is 0.306 e. The van der Waals surface area contributed by atoms with Gasteiger partial charge in [0.15, 0.2) is 11.4 Å². The van der Waals surface area contributed by atoms with E-state index in [-0.39, 0.29) is 54.2 Å². The van der Waals surface area contributed by atoms with Crippen LogP contribution in [0.2, 0.25) is 0 Å². The first-order valence-electron chi connectivity index (χ1n) is 9.94. The van der Waals surface area contributed by atoms with Gasteiger partial charge in [-0.05, 0) is 43.8 Å². The fourth-order valence-corrected chi connectivity index (χ4v) is 6.46. The molecule has 1 unspecified atom stereocenters. The second-order valence-electron chi connectivity index (χ2n) is 8.55. The molecule has 28 heavy (non-hydrogen) atoms. The molecular weight excluding hydrogens is 360 g/mol. The Balaban J connectivity index is 1.92. The molecule has 3 aliphatic carbocycles. The molecular formula is C22H26O6. The highest BCUT2D eigenvalue weighted by Crippen LogP contribution is 2.65. The molecule has 0 radical (unpaired) electrons. The SMILES string of the molecule is CCOC#C[C@]1(OC)C(C)=CC(=O)C2CC(=O)[C@H]3C[C@@H]4OC(=O)C[C@@H]4[C@H]3[C@]21C. The Bertz CT molecular complexity index is 832. The summed E-state index contributed by atoms with van der Waals surface area (Å²) in [7, 11) is 1.59. The molecule has 3 fully saturated rings. The number of hydrogen-bond donors (Lipinski definition) is 0. The third kappa shape index (κ3) is 2.29. The predicted molar refractivity (Wildman–Crippen MR) is 98.7 cm³/mol. The van der Waals surface area contributed by atoms with E-state index >= 15 is 0 Å². The van der Waals surface area contributed by atoms with Crippen molar-refractivity contribution in [3.8, 4) is 12.0 Å². The summed E-state index contributed by atoms with van der Waals surface area (Å²) in [4.78, 5) is 37.9. The first-order valence-corrected chi connectivity index (χ1v) is 9.94. The number of allylic oxidation sites excluding steroid dienone is 1. The van der Waals surface area contributed by atoms with Crippen LogP contribution in [0.15, 0.2) is 11.6 Å². The molecule has 4 rings (SSSR count). The second kappa shape index (κ2) is 6.45.